The monoisotopic (exact) mass is 320 g/mol. The van der Waals surface area contributed by atoms with Crippen molar-refractivity contribution in [2.75, 3.05) is 0 Å². The third-order valence-electron chi connectivity index (χ3n) is 1.66. The second-order valence-electron chi connectivity index (χ2n) is 3.02. The number of halogens is 6. The zero-order valence-electron chi connectivity index (χ0n) is 8.45. The molecule has 0 aliphatic rings. The van der Waals surface area contributed by atoms with Crippen molar-refractivity contribution in [1.29, 1.82) is 0 Å². The van der Waals surface area contributed by atoms with Crippen LogP contribution in [0.15, 0.2) is 11.5 Å². The molecule has 0 aliphatic carbocycles. The predicted octanol–water partition coefficient (Wildman–Crippen LogP) is 1.76. The molecule has 0 rings (SSSR count). The number of alkyl halides is 6. The summed E-state index contributed by atoms with van der Waals surface area (Å²) in [6.07, 6.45) is -0.189. The second-order valence-corrected chi connectivity index (χ2v) is 7.14. The lowest BCUT2D eigenvalue weighted by molar-refractivity contribution is -0.0440. The van der Waals surface area contributed by atoms with Crippen molar-refractivity contribution < 1.29 is 43.2 Å². The van der Waals surface area contributed by atoms with Gasteiger partial charge in [-0.05, 0) is 6.92 Å². The van der Waals surface area contributed by atoms with E-state index in [4.69, 9.17) is 0 Å². The molecule has 0 radical (unpaired) electrons. The Morgan fingerprint density at radius 1 is 0.889 bits per heavy atom. The highest BCUT2D eigenvalue weighted by Gasteiger charge is 2.49. The van der Waals surface area contributed by atoms with Gasteiger partial charge in [0.1, 0.15) is 0 Å². The quantitative estimate of drug-likeness (QED) is 0.743. The molecule has 0 aromatic carbocycles. The van der Waals surface area contributed by atoms with Gasteiger partial charge in [0.2, 0.25) is 0 Å². The normalized spacial score (nSPS) is 17.1. The molecule has 1 atom stereocenters. The first-order chi connectivity index (χ1) is 7.63. The number of rotatable bonds is 3. The van der Waals surface area contributed by atoms with Gasteiger partial charge < -0.3 is 0 Å². The van der Waals surface area contributed by atoms with Gasteiger partial charge in [-0.15, -0.1) is 0 Å². The van der Waals surface area contributed by atoms with Crippen molar-refractivity contribution in [2.45, 2.75) is 23.2 Å². The molecule has 0 fully saturated rings. The third-order valence-corrected chi connectivity index (χ3v) is 4.61. The number of sulfone groups is 2. The smallest absolute Gasteiger partial charge is 0.219 e. The molecule has 0 aromatic rings. The molecule has 108 valence electrons. The van der Waals surface area contributed by atoms with Gasteiger partial charge in [-0.2, -0.15) is 26.3 Å². The van der Waals surface area contributed by atoms with Gasteiger partial charge >= 0.3 is 11.0 Å². The first kappa shape index (κ1) is 17.2. The van der Waals surface area contributed by atoms with Gasteiger partial charge in [-0.1, -0.05) is 6.08 Å². The van der Waals surface area contributed by atoms with Crippen molar-refractivity contribution >= 4 is 19.7 Å². The van der Waals surface area contributed by atoms with Crippen LogP contribution in [0.3, 0.4) is 0 Å². The summed E-state index contributed by atoms with van der Waals surface area (Å²) in [5, 5.41) is -3.06. The molecule has 0 aromatic heterocycles. The van der Waals surface area contributed by atoms with Gasteiger partial charge in [0.05, 0.1) is 5.25 Å². The zero-order chi connectivity index (χ0) is 15.0. The maximum atomic E-state index is 11.9. The Bertz CT molecular complexity index is 523. The Kier molecular flexibility index (Phi) is 4.51. The lowest BCUT2D eigenvalue weighted by atomic mass is 10.5. The highest BCUT2D eigenvalue weighted by Crippen LogP contribution is 2.29. The van der Waals surface area contributed by atoms with E-state index in [0.717, 1.165) is 0 Å². The van der Waals surface area contributed by atoms with Gasteiger partial charge in [0, 0.05) is 5.41 Å². The molecule has 0 saturated carbocycles. The largest absolute Gasteiger partial charge is 0.501 e. The second kappa shape index (κ2) is 4.72. The number of hydrogen-bond acceptors (Lipinski definition) is 4. The van der Waals surface area contributed by atoms with Crippen LogP contribution in [-0.4, -0.2) is 33.1 Å². The van der Waals surface area contributed by atoms with Crippen LogP contribution >= 0.6 is 0 Å². The highest BCUT2D eigenvalue weighted by atomic mass is 32.2. The van der Waals surface area contributed by atoms with Crippen LogP contribution in [0, 0.1) is 0 Å². The summed E-state index contributed by atoms with van der Waals surface area (Å²) in [5.41, 5.74) is -11.4. The van der Waals surface area contributed by atoms with E-state index in [1.807, 2.05) is 0 Å². The lowest BCUT2D eigenvalue weighted by Gasteiger charge is -2.11. The van der Waals surface area contributed by atoms with Crippen molar-refractivity contribution in [3.63, 3.8) is 0 Å². The van der Waals surface area contributed by atoms with E-state index < -0.39 is 41.3 Å². The molecule has 18 heavy (non-hydrogen) atoms. The predicted molar refractivity (Wildman–Crippen MR) is 48.6 cm³/mol. The maximum Gasteiger partial charge on any atom is 0.501 e. The highest BCUT2D eigenvalue weighted by molar-refractivity contribution is 7.95. The van der Waals surface area contributed by atoms with Gasteiger partial charge in [-0.3, -0.25) is 0 Å². The molecule has 0 spiro atoms. The van der Waals surface area contributed by atoms with Crippen molar-refractivity contribution in [2.24, 2.45) is 0 Å². The van der Waals surface area contributed by atoms with E-state index in [2.05, 4.69) is 0 Å². The maximum absolute atomic E-state index is 11.9. The zero-order valence-corrected chi connectivity index (χ0v) is 10.1. The first-order valence-corrected chi connectivity index (χ1v) is 7.02. The fraction of sp³-hybridized carbons (Fsp3) is 0.667. The van der Waals surface area contributed by atoms with Gasteiger partial charge in [0.15, 0.2) is 0 Å². The molecule has 0 bridgehead atoms. The standard InChI is InChI=1S/C6H6F6O4S2/c1-4(18(15,16)6(10,11)12)2-3-17(13,14)5(7,8)9/h2-4H,1H3. The summed E-state index contributed by atoms with van der Waals surface area (Å²) in [5.74, 6) is 0. The average Bonchev–Trinajstić information content (AvgIpc) is 2.10. The summed E-state index contributed by atoms with van der Waals surface area (Å²) in [6.45, 7) is 0.408. The molecule has 0 amide bonds. The summed E-state index contributed by atoms with van der Waals surface area (Å²) in [4.78, 5) is 0. The Labute approximate surface area is 98.1 Å². The van der Waals surface area contributed by atoms with E-state index in [1.54, 1.807) is 0 Å². The van der Waals surface area contributed by atoms with Gasteiger partial charge in [-0.25, -0.2) is 16.8 Å². The molecule has 0 N–H and O–H groups in total. The minimum absolute atomic E-state index is 0.189. The molecular weight excluding hydrogens is 314 g/mol. The van der Waals surface area contributed by atoms with Crippen molar-refractivity contribution in [3.8, 4) is 0 Å². The van der Waals surface area contributed by atoms with Crippen LogP contribution < -0.4 is 0 Å². The minimum Gasteiger partial charge on any atom is -0.219 e. The lowest BCUT2D eigenvalue weighted by Crippen LogP contribution is -2.31. The molecule has 12 heteroatoms. The molecule has 4 nitrogen and oxygen atoms in total. The fourth-order valence-electron chi connectivity index (χ4n) is 0.605. The van der Waals surface area contributed by atoms with E-state index in [1.165, 1.54) is 0 Å². The van der Waals surface area contributed by atoms with Crippen LogP contribution in [-0.2, 0) is 19.7 Å². The summed E-state index contributed by atoms with van der Waals surface area (Å²) in [7, 11) is -11.6. The topological polar surface area (TPSA) is 68.3 Å². The molecule has 1 unspecified atom stereocenters. The number of hydrogen-bond donors (Lipinski definition) is 0. The Hall–Kier alpha value is -0.780. The van der Waals surface area contributed by atoms with Crippen LogP contribution in [0.4, 0.5) is 26.3 Å². The van der Waals surface area contributed by atoms with Crippen LogP contribution in [0.25, 0.3) is 0 Å². The summed E-state index contributed by atoms with van der Waals surface area (Å²) < 4.78 is 113. The first-order valence-electron chi connectivity index (χ1n) is 3.92. The molecular formula is C6H6F6O4S2. The van der Waals surface area contributed by atoms with E-state index >= 15 is 0 Å². The summed E-state index contributed by atoms with van der Waals surface area (Å²) in [6, 6.07) is 0. The third kappa shape index (κ3) is 3.60. The Morgan fingerprint density at radius 3 is 1.56 bits per heavy atom. The molecule has 0 saturated heterocycles. The van der Waals surface area contributed by atoms with E-state index in [-0.39, 0.29) is 6.08 Å². The fourth-order valence-corrected chi connectivity index (χ4v) is 2.01. The van der Waals surface area contributed by atoms with Gasteiger partial charge in [0.25, 0.3) is 19.7 Å². The van der Waals surface area contributed by atoms with Crippen molar-refractivity contribution in [3.05, 3.63) is 11.5 Å². The van der Waals surface area contributed by atoms with Crippen LogP contribution in [0.2, 0.25) is 0 Å². The average molecular weight is 320 g/mol. The van der Waals surface area contributed by atoms with Crippen LogP contribution in [0.5, 0.6) is 0 Å². The van der Waals surface area contributed by atoms with E-state index in [0.29, 0.717) is 6.92 Å². The van der Waals surface area contributed by atoms with E-state index in [9.17, 15) is 43.2 Å². The molecule has 0 aliphatic heterocycles. The Morgan fingerprint density at radius 2 is 1.28 bits per heavy atom. The molecule has 0 heterocycles. The Balaban J connectivity index is 5.31. The van der Waals surface area contributed by atoms with Crippen molar-refractivity contribution in [1.82, 2.24) is 0 Å². The minimum atomic E-state index is -5.81. The van der Waals surface area contributed by atoms with Crippen LogP contribution in [0.1, 0.15) is 6.92 Å². The summed E-state index contributed by atoms with van der Waals surface area (Å²) >= 11 is 0. The SMILES string of the molecule is CC(C=CS(=O)(=O)C(F)(F)F)S(=O)(=O)C(F)(F)F.